The minimum atomic E-state index is -4.14. The summed E-state index contributed by atoms with van der Waals surface area (Å²) < 4.78 is 33.6. The maximum Gasteiger partial charge on any atom is 0.338 e. The van der Waals surface area contributed by atoms with Crippen molar-refractivity contribution < 1.29 is 27.5 Å². The Labute approximate surface area is 207 Å². The number of benzene rings is 3. The lowest BCUT2D eigenvalue weighted by atomic mass is 10.2. The number of nitrogens with two attached hydrogens (primary N) is 1. The van der Waals surface area contributed by atoms with Crippen LogP contribution < -0.4 is 15.4 Å². The number of amides is 3. The van der Waals surface area contributed by atoms with Crippen LogP contribution >= 0.6 is 11.6 Å². The van der Waals surface area contributed by atoms with Gasteiger partial charge in [-0.05, 0) is 55.0 Å². The summed E-state index contributed by atoms with van der Waals surface area (Å²) in [6.45, 7) is 1.28. The second kappa shape index (κ2) is 11.0. The van der Waals surface area contributed by atoms with Crippen LogP contribution in [0.15, 0.2) is 83.8 Å². The van der Waals surface area contributed by atoms with E-state index in [1.807, 2.05) is 6.07 Å². The molecule has 0 saturated heterocycles. The van der Waals surface area contributed by atoms with E-state index >= 15 is 0 Å². The highest BCUT2D eigenvalue weighted by Gasteiger charge is 2.27. The van der Waals surface area contributed by atoms with Crippen molar-refractivity contribution in [3.8, 4) is 0 Å². The first-order valence-corrected chi connectivity index (χ1v) is 12.1. The van der Waals surface area contributed by atoms with Gasteiger partial charge in [-0.2, -0.15) is 0 Å². The summed E-state index contributed by atoms with van der Waals surface area (Å²) in [5.74, 6) is -1.86. The molecule has 9 nitrogen and oxygen atoms in total. The van der Waals surface area contributed by atoms with Gasteiger partial charge in [0, 0.05) is 5.02 Å². The normalized spacial score (nSPS) is 11.8. The third-order valence-electron chi connectivity index (χ3n) is 4.84. The van der Waals surface area contributed by atoms with E-state index in [1.54, 1.807) is 53.8 Å². The average molecular weight is 516 g/mol. The SMILES string of the molecule is C[C@H](OC(=O)c1cccc(S(=O)(=O)N(Cc2ccccc2)c2ccc(Cl)cc2)c1)C(=O)NC(N)=O. The van der Waals surface area contributed by atoms with E-state index in [-0.39, 0.29) is 17.0 Å². The molecule has 0 aliphatic carbocycles. The second-order valence-electron chi connectivity index (χ2n) is 7.40. The van der Waals surface area contributed by atoms with Crippen LogP contribution in [0.5, 0.6) is 0 Å². The van der Waals surface area contributed by atoms with Crippen LogP contribution in [-0.2, 0) is 26.1 Å². The fourth-order valence-corrected chi connectivity index (χ4v) is 4.71. The Morgan fingerprint density at radius 3 is 2.29 bits per heavy atom. The van der Waals surface area contributed by atoms with Gasteiger partial charge in [-0.15, -0.1) is 0 Å². The number of carbonyl (C=O) groups is 3. The molecule has 1 atom stereocenters. The predicted molar refractivity (Wildman–Crippen MR) is 130 cm³/mol. The van der Waals surface area contributed by atoms with Crippen LogP contribution in [0, 0.1) is 0 Å². The number of esters is 1. The van der Waals surface area contributed by atoms with E-state index in [0.717, 1.165) is 11.6 Å². The van der Waals surface area contributed by atoms with Crippen molar-refractivity contribution in [3.05, 3.63) is 95.0 Å². The van der Waals surface area contributed by atoms with Crippen LogP contribution in [-0.4, -0.2) is 32.4 Å². The molecule has 0 heterocycles. The largest absolute Gasteiger partial charge is 0.449 e. The van der Waals surface area contributed by atoms with E-state index in [2.05, 4.69) is 0 Å². The first-order chi connectivity index (χ1) is 16.6. The molecule has 0 spiro atoms. The zero-order valence-corrected chi connectivity index (χ0v) is 20.1. The number of primary amides is 1. The monoisotopic (exact) mass is 515 g/mol. The van der Waals surface area contributed by atoms with Crippen molar-refractivity contribution in [2.24, 2.45) is 5.73 Å². The van der Waals surface area contributed by atoms with Gasteiger partial charge in [0.25, 0.3) is 15.9 Å². The molecule has 182 valence electrons. The van der Waals surface area contributed by atoms with Crippen LogP contribution in [0.3, 0.4) is 0 Å². The van der Waals surface area contributed by atoms with Crippen molar-refractivity contribution in [3.63, 3.8) is 0 Å². The standard InChI is InChI=1S/C24H22ClN3O6S/c1-16(22(29)27-24(26)31)34-23(30)18-8-5-9-21(14-18)35(32,33)28(15-17-6-3-2-4-7-17)20-12-10-19(25)11-13-20/h2-14,16H,15H2,1H3,(H3,26,27,29,31)/t16-/m0/s1. The smallest absolute Gasteiger partial charge is 0.338 e. The Morgan fingerprint density at radius 2 is 1.66 bits per heavy atom. The van der Waals surface area contributed by atoms with Crippen molar-refractivity contribution in [1.82, 2.24) is 5.32 Å². The van der Waals surface area contributed by atoms with Crippen molar-refractivity contribution in [2.45, 2.75) is 24.5 Å². The van der Waals surface area contributed by atoms with E-state index in [9.17, 15) is 22.8 Å². The Balaban J connectivity index is 1.93. The minimum Gasteiger partial charge on any atom is -0.449 e. The summed E-state index contributed by atoms with van der Waals surface area (Å²) in [5.41, 5.74) is 5.92. The molecule has 0 aromatic heterocycles. The van der Waals surface area contributed by atoms with Crippen LogP contribution in [0.25, 0.3) is 0 Å². The Hall–Kier alpha value is -3.89. The maximum atomic E-state index is 13.7. The van der Waals surface area contributed by atoms with Gasteiger partial charge in [0.05, 0.1) is 22.7 Å². The molecule has 3 aromatic carbocycles. The first-order valence-electron chi connectivity index (χ1n) is 10.3. The third-order valence-corrected chi connectivity index (χ3v) is 6.86. The lowest BCUT2D eigenvalue weighted by Gasteiger charge is -2.25. The highest BCUT2D eigenvalue weighted by molar-refractivity contribution is 7.92. The molecule has 3 aromatic rings. The summed E-state index contributed by atoms with van der Waals surface area (Å²) in [6, 6.07) is 19.5. The lowest BCUT2D eigenvalue weighted by Crippen LogP contribution is -2.42. The van der Waals surface area contributed by atoms with Crippen molar-refractivity contribution in [1.29, 1.82) is 0 Å². The third kappa shape index (κ3) is 6.58. The number of sulfonamides is 1. The predicted octanol–water partition coefficient (Wildman–Crippen LogP) is 3.48. The molecule has 0 aliphatic heterocycles. The molecule has 3 N–H and O–H groups in total. The van der Waals surface area contributed by atoms with E-state index in [4.69, 9.17) is 22.1 Å². The fraction of sp³-hybridized carbons (Fsp3) is 0.125. The maximum absolute atomic E-state index is 13.7. The van der Waals surface area contributed by atoms with Crippen LogP contribution in [0.4, 0.5) is 10.5 Å². The first kappa shape index (κ1) is 25.7. The summed E-state index contributed by atoms with van der Waals surface area (Å²) in [7, 11) is -4.14. The topological polar surface area (TPSA) is 136 Å². The zero-order chi connectivity index (χ0) is 25.6. The molecule has 0 fully saturated rings. The lowest BCUT2D eigenvalue weighted by molar-refractivity contribution is -0.127. The molecule has 0 aliphatic rings. The summed E-state index contributed by atoms with van der Waals surface area (Å²) in [4.78, 5) is 35.0. The molecule has 3 rings (SSSR count). The van der Waals surface area contributed by atoms with E-state index in [0.29, 0.717) is 10.7 Å². The Bertz CT molecular complexity index is 1330. The molecule has 0 radical (unpaired) electrons. The van der Waals surface area contributed by atoms with E-state index < -0.39 is 34.0 Å². The summed E-state index contributed by atoms with van der Waals surface area (Å²) in [5, 5.41) is 2.26. The molecule has 3 amide bonds. The number of hydrogen-bond acceptors (Lipinski definition) is 6. The van der Waals surface area contributed by atoms with Crippen molar-refractivity contribution >= 4 is 45.2 Å². The Kier molecular flexibility index (Phi) is 8.10. The molecule has 0 bridgehead atoms. The molecule has 0 unspecified atom stereocenters. The number of hydrogen-bond donors (Lipinski definition) is 2. The van der Waals surface area contributed by atoms with Gasteiger partial charge in [-0.3, -0.25) is 14.4 Å². The highest BCUT2D eigenvalue weighted by Crippen LogP contribution is 2.28. The van der Waals surface area contributed by atoms with Gasteiger partial charge in [0.1, 0.15) is 0 Å². The number of halogens is 1. The number of nitrogens with zero attached hydrogens (tertiary/aromatic N) is 1. The minimum absolute atomic E-state index is 0.0316. The number of nitrogens with one attached hydrogen (secondary N) is 1. The molecule has 0 saturated carbocycles. The van der Waals surface area contributed by atoms with Crippen molar-refractivity contribution in [2.75, 3.05) is 4.31 Å². The number of rotatable bonds is 8. The molecule has 35 heavy (non-hydrogen) atoms. The average Bonchev–Trinajstić information content (AvgIpc) is 2.83. The van der Waals surface area contributed by atoms with E-state index in [1.165, 1.54) is 29.4 Å². The van der Waals surface area contributed by atoms with Crippen LogP contribution in [0.2, 0.25) is 5.02 Å². The quantitative estimate of drug-likeness (QED) is 0.441. The number of carbonyl (C=O) groups excluding carboxylic acids is 3. The Morgan fingerprint density at radius 1 is 1.00 bits per heavy atom. The van der Waals surface area contributed by atoms with Gasteiger partial charge >= 0.3 is 12.0 Å². The second-order valence-corrected chi connectivity index (χ2v) is 9.70. The fourth-order valence-electron chi connectivity index (χ4n) is 3.09. The number of urea groups is 1. The molecular weight excluding hydrogens is 494 g/mol. The van der Waals surface area contributed by atoms with Gasteiger partial charge < -0.3 is 10.5 Å². The van der Waals surface area contributed by atoms with Gasteiger partial charge in [0.2, 0.25) is 0 Å². The van der Waals surface area contributed by atoms with Gasteiger partial charge in [-0.25, -0.2) is 18.0 Å². The summed E-state index contributed by atoms with van der Waals surface area (Å²) >= 11 is 5.98. The molecular formula is C24H22ClN3O6S. The number of ether oxygens (including phenoxy) is 1. The summed E-state index contributed by atoms with van der Waals surface area (Å²) in [6.07, 6.45) is -1.33. The molecule has 11 heteroatoms. The highest BCUT2D eigenvalue weighted by atomic mass is 35.5. The van der Waals surface area contributed by atoms with Gasteiger partial charge in [-0.1, -0.05) is 48.0 Å². The van der Waals surface area contributed by atoms with Crippen LogP contribution in [0.1, 0.15) is 22.8 Å². The van der Waals surface area contributed by atoms with Gasteiger partial charge in [0.15, 0.2) is 6.10 Å². The number of anilines is 1. The zero-order valence-electron chi connectivity index (χ0n) is 18.6. The number of imide groups is 1.